The van der Waals surface area contributed by atoms with Gasteiger partial charge >= 0.3 is 6.18 Å². The van der Waals surface area contributed by atoms with Crippen molar-refractivity contribution in [3.63, 3.8) is 0 Å². The van der Waals surface area contributed by atoms with E-state index in [0.717, 1.165) is 27.7 Å². The molecular weight excluding hydrogens is 515 g/mol. The van der Waals surface area contributed by atoms with Gasteiger partial charge in [0.2, 0.25) is 0 Å². The first-order valence-corrected chi connectivity index (χ1v) is 12.0. The summed E-state index contributed by atoms with van der Waals surface area (Å²) in [5.74, 6) is 0.104. The Kier molecular flexibility index (Phi) is 6.54. The molecule has 0 saturated carbocycles. The molecule has 0 spiro atoms. The number of carbonyl (C=O) groups excluding carboxylic acids is 1. The minimum atomic E-state index is -4.64. The average molecular weight is 536 g/mol. The number of nitrogens with zero attached hydrogens (tertiary/aromatic N) is 4. The van der Waals surface area contributed by atoms with Crippen LogP contribution in [0.1, 0.15) is 27.3 Å². The number of carbonyl (C=O) groups is 1. The molecule has 1 N–H and O–H groups in total. The summed E-state index contributed by atoms with van der Waals surface area (Å²) in [7, 11) is 0. The van der Waals surface area contributed by atoms with Crippen LogP contribution in [0, 0.1) is 13.8 Å². The van der Waals surface area contributed by atoms with E-state index in [-0.39, 0.29) is 16.6 Å². The molecule has 0 radical (unpaired) electrons. The van der Waals surface area contributed by atoms with Crippen LogP contribution < -0.4 is 5.32 Å². The molecule has 5 rings (SSSR count). The SMILES string of the molecule is Cc1ccc(-n2nc(C)cc2NC(=O)c2ccc(-c3cc(C(F)(F)F)nn3-c3ccccc3Cl)cc2)cc1. The maximum Gasteiger partial charge on any atom is 0.435 e. The van der Waals surface area contributed by atoms with Gasteiger partial charge in [-0.15, -0.1) is 0 Å². The zero-order valence-corrected chi connectivity index (χ0v) is 21.0. The summed E-state index contributed by atoms with van der Waals surface area (Å²) in [5.41, 5.74) is 2.82. The number of nitrogens with one attached hydrogen (secondary N) is 1. The second-order valence-electron chi connectivity index (χ2n) is 8.73. The largest absolute Gasteiger partial charge is 0.435 e. The van der Waals surface area contributed by atoms with E-state index >= 15 is 0 Å². The third kappa shape index (κ3) is 5.05. The van der Waals surface area contributed by atoms with Gasteiger partial charge in [-0.2, -0.15) is 23.4 Å². The monoisotopic (exact) mass is 535 g/mol. The molecule has 2 heterocycles. The molecule has 0 bridgehead atoms. The maximum absolute atomic E-state index is 13.5. The Morgan fingerprint density at radius 3 is 2.21 bits per heavy atom. The zero-order valence-electron chi connectivity index (χ0n) is 20.3. The van der Waals surface area contributed by atoms with Crippen molar-refractivity contribution in [3.8, 4) is 22.6 Å². The van der Waals surface area contributed by atoms with Crippen molar-refractivity contribution in [2.45, 2.75) is 20.0 Å². The van der Waals surface area contributed by atoms with Crippen LogP contribution in [0.15, 0.2) is 84.9 Å². The van der Waals surface area contributed by atoms with E-state index in [2.05, 4.69) is 15.5 Å². The molecule has 0 saturated heterocycles. The van der Waals surface area contributed by atoms with Crippen molar-refractivity contribution < 1.29 is 18.0 Å². The fourth-order valence-electron chi connectivity index (χ4n) is 3.98. The summed E-state index contributed by atoms with van der Waals surface area (Å²) in [6.07, 6.45) is -4.64. The number of benzene rings is 3. The Morgan fingerprint density at radius 2 is 1.55 bits per heavy atom. The van der Waals surface area contributed by atoms with E-state index in [0.29, 0.717) is 22.6 Å². The highest BCUT2D eigenvalue weighted by Crippen LogP contribution is 2.34. The zero-order chi connectivity index (χ0) is 27.0. The normalized spacial score (nSPS) is 11.5. The fraction of sp³-hybridized carbons (Fsp3) is 0.107. The highest BCUT2D eigenvalue weighted by Gasteiger charge is 2.35. The number of halogens is 4. The van der Waals surface area contributed by atoms with Crippen LogP contribution in [-0.2, 0) is 6.18 Å². The topological polar surface area (TPSA) is 64.7 Å². The summed E-state index contributed by atoms with van der Waals surface area (Å²) in [5, 5.41) is 11.4. The molecule has 0 aliphatic rings. The van der Waals surface area contributed by atoms with Gasteiger partial charge in [0.25, 0.3) is 5.91 Å². The number of hydrogen-bond donors (Lipinski definition) is 1. The summed E-state index contributed by atoms with van der Waals surface area (Å²) >= 11 is 6.25. The minimum Gasteiger partial charge on any atom is -0.306 e. The second kappa shape index (κ2) is 9.83. The summed E-state index contributed by atoms with van der Waals surface area (Å²) in [6, 6.07) is 23.2. The third-order valence-corrected chi connectivity index (χ3v) is 6.19. The number of amides is 1. The van der Waals surface area contributed by atoms with E-state index < -0.39 is 11.9 Å². The summed E-state index contributed by atoms with van der Waals surface area (Å²) < 4.78 is 43.3. The van der Waals surface area contributed by atoms with Crippen molar-refractivity contribution in [3.05, 3.63) is 112 Å². The molecule has 2 aromatic heterocycles. The highest BCUT2D eigenvalue weighted by atomic mass is 35.5. The maximum atomic E-state index is 13.5. The summed E-state index contributed by atoms with van der Waals surface area (Å²) in [4.78, 5) is 13.0. The van der Waals surface area contributed by atoms with E-state index in [9.17, 15) is 18.0 Å². The van der Waals surface area contributed by atoms with Crippen molar-refractivity contribution in [2.24, 2.45) is 0 Å². The number of aryl methyl sites for hydroxylation is 2. The number of hydrogen-bond acceptors (Lipinski definition) is 3. The second-order valence-corrected chi connectivity index (χ2v) is 9.13. The molecule has 5 aromatic rings. The van der Waals surface area contributed by atoms with Gasteiger partial charge in [0.05, 0.1) is 27.8 Å². The Morgan fingerprint density at radius 1 is 0.868 bits per heavy atom. The molecule has 1 amide bonds. The molecule has 0 aliphatic heterocycles. The Hall–Kier alpha value is -4.37. The van der Waals surface area contributed by atoms with Crippen LogP contribution in [0.5, 0.6) is 0 Å². The van der Waals surface area contributed by atoms with Gasteiger partial charge in [-0.3, -0.25) is 4.79 Å². The Balaban J connectivity index is 1.45. The molecule has 10 heteroatoms. The highest BCUT2D eigenvalue weighted by molar-refractivity contribution is 6.32. The van der Waals surface area contributed by atoms with E-state index in [1.165, 1.54) is 0 Å². The molecule has 0 atom stereocenters. The van der Waals surface area contributed by atoms with E-state index in [1.54, 1.807) is 59.3 Å². The first kappa shape index (κ1) is 25.3. The summed E-state index contributed by atoms with van der Waals surface area (Å²) in [6.45, 7) is 3.81. The average Bonchev–Trinajstić information content (AvgIpc) is 3.49. The van der Waals surface area contributed by atoms with Crippen molar-refractivity contribution >= 4 is 23.3 Å². The Labute approximate surface area is 221 Å². The number of alkyl halides is 3. The van der Waals surface area contributed by atoms with Gasteiger partial charge < -0.3 is 5.32 Å². The predicted octanol–water partition coefficient (Wildman–Crippen LogP) is 7.27. The fourth-order valence-corrected chi connectivity index (χ4v) is 4.20. The van der Waals surface area contributed by atoms with Crippen LogP contribution in [0.3, 0.4) is 0 Å². The molecule has 0 fully saturated rings. The standard InChI is InChI=1S/C28H21ClF3N5O/c1-17-7-13-21(14-8-17)36-26(15-18(2)34-36)33-27(38)20-11-9-19(10-12-20)24-16-25(28(30,31)32)35-37(24)23-6-4-3-5-22(23)29/h3-16H,1-2H3,(H,33,38). The molecule has 6 nitrogen and oxygen atoms in total. The predicted molar refractivity (Wildman–Crippen MR) is 140 cm³/mol. The van der Waals surface area contributed by atoms with Gasteiger partial charge in [-0.1, -0.05) is 53.6 Å². The van der Waals surface area contributed by atoms with E-state index in [1.807, 2.05) is 38.1 Å². The molecule has 3 aromatic carbocycles. The quantitative estimate of drug-likeness (QED) is 0.257. The number of aromatic nitrogens is 4. The first-order chi connectivity index (χ1) is 18.1. The third-order valence-electron chi connectivity index (χ3n) is 5.87. The molecule has 0 aliphatic carbocycles. The van der Waals surface area contributed by atoms with Crippen molar-refractivity contribution in [1.29, 1.82) is 0 Å². The molecule has 192 valence electrons. The molecule has 38 heavy (non-hydrogen) atoms. The lowest BCUT2D eigenvalue weighted by Gasteiger charge is -2.11. The number of rotatable bonds is 5. The number of anilines is 1. The van der Waals surface area contributed by atoms with Gasteiger partial charge in [-0.25, -0.2) is 9.36 Å². The van der Waals surface area contributed by atoms with Gasteiger partial charge in [0, 0.05) is 17.2 Å². The van der Waals surface area contributed by atoms with Crippen molar-refractivity contribution in [1.82, 2.24) is 19.6 Å². The number of para-hydroxylation sites is 1. The van der Waals surface area contributed by atoms with Crippen LogP contribution in [0.4, 0.5) is 19.0 Å². The smallest absolute Gasteiger partial charge is 0.306 e. The lowest BCUT2D eigenvalue weighted by molar-refractivity contribution is -0.141. The molecule has 0 unspecified atom stereocenters. The van der Waals surface area contributed by atoms with Gasteiger partial charge in [0.15, 0.2) is 5.69 Å². The van der Waals surface area contributed by atoms with Gasteiger partial charge in [0.1, 0.15) is 5.82 Å². The first-order valence-electron chi connectivity index (χ1n) is 11.6. The van der Waals surface area contributed by atoms with Crippen molar-refractivity contribution in [2.75, 3.05) is 5.32 Å². The Bertz CT molecular complexity index is 1620. The lowest BCUT2D eigenvalue weighted by Crippen LogP contribution is -2.15. The lowest BCUT2D eigenvalue weighted by atomic mass is 10.1. The molecular formula is C28H21ClF3N5O. The van der Waals surface area contributed by atoms with Gasteiger partial charge in [-0.05, 0) is 56.3 Å². The van der Waals surface area contributed by atoms with Crippen LogP contribution in [0.25, 0.3) is 22.6 Å². The van der Waals surface area contributed by atoms with E-state index in [4.69, 9.17) is 11.6 Å². The van der Waals surface area contributed by atoms with Crippen LogP contribution in [0.2, 0.25) is 5.02 Å². The van der Waals surface area contributed by atoms with Crippen LogP contribution >= 0.6 is 11.6 Å². The minimum absolute atomic E-state index is 0.186. The van der Waals surface area contributed by atoms with Crippen LogP contribution in [-0.4, -0.2) is 25.5 Å².